The number of fused-ring (bicyclic) bond motifs is 1. The average molecular weight is 317 g/mol. The minimum Gasteiger partial charge on any atom is -0.491 e. The van der Waals surface area contributed by atoms with E-state index >= 15 is 0 Å². The molecule has 1 aliphatic carbocycles. The van der Waals surface area contributed by atoms with Crippen LogP contribution < -0.4 is 5.32 Å². The van der Waals surface area contributed by atoms with Crippen molar-refractivity contribution in [2.75, 3.05) is 19.8 Å². The summed E-state index contributed by atoms with van der Waals surface area (Å²) < 4.78 is 10.7. The van der Waals surface area contributed by atoms with Gasteiger partial charge in [-0.05, 0) is 45.1 Å². The molecule has 1 aromatic rings. The maximum atomic E-state index is 12.1. The number of carbonyl (C=O) groups excluding carboxylic acids is 1. The lowest BCUT2D eigenvalue weighted by atomic mass is 9.95. The molecule has 0 fully saturated rings. The first-order valence-electron chi connectivity index (χ1n) is 8.25. The van der Waals surface area contributed by atoms with Crippen LogP contribution in [0.2, 0.25) is 0 Å². The lowest BCUT2D eigenvalue weighted by Crippen LogP contribution is -2.31. The Hall–Kier alpha value is -2.11. The lowest BCUT2D eigenvalue weighted by molar-refractivity contribution is -0.122. The van der Waals surface area contributed by atoms with Gasteiger partial charge in [-0.1, -0.05) is 0 Å². The molecule has 6 nitrogen and oxygen atoms in total. The monoisotopic (exact) mass is 317 g/mol. The Labute approximate surface area is 136 Å². The summed E-state index contributed by atoms with van der Waals surface area (Å²) in [5.74, 6) is 1.38. The van der Waals surface area contributed by atoms with E-state index in [4.69, 9.17) is 9.47 Å². The summed E-state index contributed by atoms with van der Waals surface area (Å²) in [5, 5.41) is 2.85. The van der Waals surface area contributed by atoms with Crippen LogP contribution in [0.5, 0.6) is 0 Å². The Bertz CT molecular complexity index is 640. The van der Waals surface area contributed by atoms with Gasteiger partial charge in [-0.25, -0.2) is 9.97 Å². The van der Waals surface area contributed by atoms with Gasteiger partial charge >= 0.3 is 0 Å². The zero-order chi connectivity index (χ0) is 16.2. The van der Waals surface area contributed by atoms with Crippen LogP contribution in [0.3, 0.4) is 0 Å². The minimum absolute atomic E-state index is 0.239. The topological polar surface area (TPSA) is 73.3 Å². The van der Waals surface area contributed by atoms with E-state index in [2.05, 4.69) is 22.2 Å². The van der Waals surface area contributed by atoms with Crippen LogP contribution in [0, 0.1) is 6.92 Å². The third-order valence-corrected chi connectivity index (χ3v) is 4.24. The molecule has 0 bridgehead atoms. The largest absolute Gasteiger partial charge is 0.491 e. The quantitative estimate of drug-likeness (QED) is 0.913. The highest BCUT2D eigenvalue weighted by Gasteiger charge is 2.20. The van der Waals surface area contributed by atoms with E-state index in [0.29, 0.717) is 31.9 Å². The molecule has 0 saturated carbocycles. The highest BCUT2D eigenvalue weighted by molar-refractivity contribution is 5.91. The smallest absolute Gasteiger partial charge is 0.289 e. The first-order valence-corrected chi connectivity index (χ1v) is 8.25. The average Bonchev–Trinajstić information content (AvgIpc) is 2.55. The molecule has 2 aliphatic rings. The summed E-state index contributed by atoms with van der Waals surface area (Å²) in [4.78, 5) is 21.3. The van der Waals surface area contributed by atoms with Crippen molar-refractivity contribution in [3.63, 3.8) is 0 Å². The van der Waals surface area contributed by atoms with Gasteiger partial charge in [-0.15, -0.1) is 0 Å². The Balaban J connectivity index is 1.58. The molecule has 0 unspecified atom stereocenters. The molecule has 124 valence electrons. The van der Waals surface area contributed by atoms with Gasteiger partial charge in [0.2, 0.25) is 5.76 Å². The summed E-state index contributed by atoms with van der Waals surface area (Å²) in [7, 11) is 0. The molecule has 0 saturated heterocycles. The highest BCUT2D eigenvalue weighted by atomic mass is 16.6. The van der Waals surface area contributed by atoms with Crippen LogP contribution in [-0.2, 0) is 33.5 Å². The molecule has 0 radical (unpaired) electrons. The van der Waals surface area contributed by atoms with Gasteiger partial charge in [0.15, 0.2) is 0 Å². The molecule has 23 heavy (non-hydrogen) atoms. The van der Waals surface area contributed by atoms with E-state index in [1.807, 2.05) is 0 Å². The summed E-state index contributed by atoms with van der Waals surface area (Å²) in [6, 6.07) is 0. The van der Waals surface area contributed by atoms with Crippen molar-refractivity contribution in [3.05, 3.63) is 34.3 Å². The zero-order valence-electron chi connectivity index (χ0n) is 13.8. The molecule has 2 heterocycles. The van der Waals surface area contributed by atoms with Crippen molar-refractivity contribution < 1.29 is 14.3 Å². The molecule has 0 atom stereocenters. The van der Waals surface area contributed by atoms with E-state index in [0.717, 1.165) is 24.4 Å². The van der Waals surface area contributed by atoms with E-state index in [1.165, 1.54) is 24.1 Å². The number of aryl methyl sites for hydroxylation is 2. The number of nitrogens with one attached hydrogen (secondary N) is 1. The van der Waals surface area contributed by atoms with Gasteiger partial charge < -0.3 is 14.8 Å². The number of carbonyl (C=O) groups is 1. The number of rotatable bonds is 4. The zero-order valence-corrected chi connectivity index (χ0v) is 13.8. The van der Waals surface area contributed by atoms with E-state index in [-0.39, 0.29) is 11.7 Å². The first kappa shape index (κ1) is 15.8. The maximum absolute atomic E-state index is 12.1. The van der Waals surface area contributed by atoms with Crippen LogP contribution in [-0.4, -0.2) is 35.6 Å². The van der Waals surface area contributed by atoms with Crippen molar-refractivity contribution >= 4 is 5.91 Å². The van der Waals surface area contributed by atoms with Crippen LogP contribution in [0.1, 0.15) is 42.5 Å². The Kier molecular flexibility index (Phi) is 4.79. The second-order valence-electron chi connectivity index (χ2n) is 5.95. The fourth-order valence-electron chi connectivity index (χ4n) is 3.06. The van der Waals surface area contributed by atoms with Gasteiger partial charge in [-0.2, -0.15) is 0 Å². The van der Waals surface area contributed by atoms with Gasteiger partial charge in [0.25, 0.3) is 5.91 Å². The second kappa shape index (κ2) is 6.98. The Morgan fingerprint density at radius 1 is 1.13 bits per heavy atom. The molecular weight excluding hydrogens is 294 g/mol. The number of hydrogen-bond acceptors (Lipinski definition) is 5. The van der Waals surface area contributed by atoms with Gasteiger partial charge in [-0.3, -0.25) is 4.79 Å². The molecule has 3 rings (SSSR count). The number of allylic oxidation sites excluding steroid dienone is 1. The summed E-state index contributed by atoms with van der Waals surface area (Å²) in [6.07, 6.45) is 5.17. The Morgan fingerprint density at radius 2 is 1.91 bits per heavy atom. The van der Waals surface area contributed by atoms with Crippen LogP contribution in [0.15, 0.2) is 11.5 Å². The third-order valence-electron chi connectivity index (χ3n) is 4.24. The standard InChI is InChI=1S/C17H23N3O3/c1-11-13-5-3-4-6-14(13)20-15(19-11)7-8-18-17(21)16-12(2)22-9-10-23-16/h3-10H2,1-2H3,(H,18,21). The lowest BCUT2D eigenvalue weighted by Gasteiger charge is -2.19. The molecule has 0 aromatic carbocycles. The summed E-state index contributed by atoms with van der Waals surface area (Å²) in [5.41, 5.74) is 3.59. The first-order chi connectivity index (χ1) is 11.1. The molecule has 0 spiro atoms. The number of nitrogens with zero attached hydrogens (tertiary/aromatic N) is 2. The Morgan fingerprint density at radius 3 is 2.74 bits per heavy atom. The number of ether oxygens (including phenoxy) is 2. The molecule has 1 N–H and O–H groups in total. The summed E-state index contributed by atoms with van der Waals surface area (Å²) in [6.45, 7) is 5.18. The van der Waals surface area contributed by atoms with Crippen LogP contribution in [0.4, 0.5) is 0 Å². The molecule has 1 amide bonds. The normalized spacial score (nSPS) is 17.1. The maximum Gasteiger partial charge on any atom is 0.289 e. The van der Waals surface area contributed by atoms with Crippen LogP contribution in [0.25, 0.3) is 0 Å². The predicted octanol–water partition coefficient (Wildman–Crippen LogP) is 1.60. The van der Waals surface area contributed by atoms with Crippen LogP contribution >= 0.6 is 0 Å². The van der Waals surface area contributed by atoms with Crippen molar-refractivity contribution in [1.29, 1.82) is 0 Å². The highest BCUT2D eigenvalue weighted by Crippen LogP contribution is 2.21. The number of amides is 1. The number of hydrogen-bond donors (Lipinski definition) is 1. The SMILES string of the molecule is CC1=C(C(=O)NCCc2nc(C)c3c(n2)CCCC3)OCCO1. The van der Waals surface area contributed by atoms with Crippen molar-refractivity contribution in [2.45, 2.75) is 46.0 Å². The fourth-order valence-corrected chi connectivity index (χ4v) is 3.06. The summed E-state index contributed by atoms with van der Waals surface area (Å²) >= 11 is 0. The van der Waals surface area contributed by atoms with E-state index in [1.54, 1.807) is 6.92 Å². The number of aromatic nitrogens is 2. The fraction of sp³-hybridized carbons (Fsp3) is 0.588. The van der Waals surface area contributed by atoms with Crippen molar-refractivity contribution in [1.82, 2.24) is 15.3 Å². The predicted molar refractivity (Wildman–Crippen MR) is 84.7 cm³/mol. The molecule has 1 aliphatic heterocycles. The molecule has 1 aromatic heterocycles. The molecule has 6 heteroatoms. The van der Waals surface area contributed by atoms with Gasteiger partial charge in [0.1, 0.15) is 24.8 Å². The van der Waals surface area contributed by atoms with E-state index < -0.39 is 0 Å². The van der Waals surface area contributed by atoms with Crippen molar-refractivity contribution in [2.24, 2.45) is 0 Å². The van der Waals surface area contributed by atoms with E-state index in [9.17, 15) is 4.79 Å². The van der Waals surface area contributed by atoms with Gasteiger partial charge in [0.05, 0.1) is 0 Å². The van der Waals surface area contributed by atoms with Gasteiger partial charge in [0, 0.05) is 24.4 Å². The molecular formula is C17H23N3O3. The second-order valence-corrected chi connectivity index (χ2v) is 5.95. The third kappa shape index (κ3) is 3.63. The van der Waals surface area contributed by atoms with Crippen molar-refractivity contribution in [3.8, 4) is 0 Å². The minimum atomic E-state index is -0.239.